The van der Waals surface area contributed by atoms with E-state index in [1.165, 1.54) is 6.20 Å². The molecule has 0 fully saturated rings. The van der Waals surface area contributed by atoms with Crippen molar-refractivity contribution >= 4 is 12.5 Å². The van der Waals surface area contributed by atoms with Crippen LogP contribution >= 0.6 is 0 Å². The van der Waals surface area contributed by atoms with Crippen molar-refractivity contribution in [1.82, 2.24) is 9.78 Å². The number of carbonyl (C=O) groups is 1. The summed E-state index contributed by atoms with van der Waals surface area (Å²) in [6.07, 6.45) is 3.86. The zero-order valence-electron chi connectivity index (χ0n) is 5.74. The maximum atomic E-state index is 10.3. The lowest BCUT2D eigenvalue weighted by Gasteiger charge is -1.92. The molecule has 0 bridgehead atoms. The lowest BCUT2D eigenvalue weighted by atomic mass is 10.3. The minimum absolute atomic E-state index is 0.611. The molecule has 1 rings (SSSR count). The van der Waals surface area contributed by atoms with Gasteiger partial charge in [-0.3, -0.25) is 4.79 Å². The molecular formula is C7H8N2O. The van der Waals surface area contributed by atoms with Crippen molar-refractivity contribution in [2.24, 2.45) is 0 Å². The summed E-state index contributed by atoms with van der Waals surface area (Å²) in [7, 11) is 0. The van der Waals surface area contributed by atoms with E-state index in [2.05, 4.69) is 11.7 Å². The number of carbonyl (C=O) groups excluding carboxylic acids is 1. The van der Waals surface area contributed by atoms with Crippen LogP contribution in [0.2, 0.25) is 0 Å². The fourth-order valence-electron chi connectivity index (χ4n) is 0.736. The molecule has 1 aromatic rings. The first-order valence-corrected chi connectivity index (χ1v) is 2.91. The monoisotopic (exact) mass is 136 g/mol. The Labute approximate surface area is 59.0 Å². The number of nitrogens with zero attached hydrogens (tertiary/aromatic N) is 2. The molecule has 1 aromatic heterocycles. The number of aldehydes is 1. The molecule has 3 nitrogen and oxygen atoms in total. The fourth-order valence-corrected chi connectivity index (χ4v) is 0.736. The van der Waals surface area contributed by atoms with Crippen molar-refractivity contribution in [3.8, 4) is 0 Å². The van der Waals surface area contributed by atoms with Crippen molar-refractivity contribution in [3.05, 3.63) is 24.0 Å². The molecule has 0 amide bonds. The van der Waals surface area contributed by atoms with Crippen molar-refractivity contribution in [2.45, 2.75) is 6.92 Å². The Morgan fingerprint density at radius 1 is 1.80 bits per heavy atom. The smallest absolute Gasteiger partial charge is 0.153 e. The number of hydrogen-bond donors (Lipinski definition) is 0. The number of rotatable bonds is 2. The molecule has 0 atom stereocenters. The largest absolute Gasteiger partial charge is 0.298 e. The lowest BCUT2D eigenvalue weighted by molar-refractivity contribution is 0.112. The first-order chi connectivity index (χ1) is 4.79. The highest BCUT2D eigenvalue weighted by atomic mass is 16.1. The minimum atomic E-state index is 0.611. The maximum Gasteiger partial charge on any atom is 0.153 e. The van der Waals surface area contributed by atoms with Crippen molar-refractivity contribution in [1.29, 1.82) is 0 Å². The second-order valence-electron chi connectivity index (χ2n) is 1.93. The van der Waals surface area contributed by atoms with E-state index in [-0.39, 0.29) is 0 Å². The molecule has 0 aliphatic rings. The summed E-state index contributed by atoms with van der Waals surface area (Å²) in [5, 5.41) is 3.87. The highest BCUT2D eigenvalue weighted by Gasteiger charge is 2.00. The van der Waals surface area contributed by atoms with E-state index in [1.54, 1.807) is 10.9 Å². The van der Waals surface area contributed by atoms with Gasteiger partial charge < -0.3 is 0 Å². The van der Waals surface area contributed by atoms with Crippen LogP contribution in [0.15, 0.2) is 12.8 Å². The van der Waals surface area contributed by atoms with Gasteiger partial charge >= 0.3 is 0 Å². The van der Waals surface area contributed by atoms with Crippen LogP contribution < -0.4 is 0 Å². The summed E-state index contributed by atoms with van der Waals surface area (Å²) in [6.45, 7) is 5.34. The second kappa shape index (κ2) is 2.47. The highest BCUT2D eigenvalue weighted by molar-refractivity contribution is 5.76. The van der Waals surface area contributed by atoms with Crippen LogP contribution in [-0.4, -0.2) is 16.1 Å². The maximum absolute atomic E-state index is 10.3. The van der Waals surface area contributed by atoms with Crippen molar-refractivity contribution < 1.29 is 4.79 Å². The van der Waals surface area contributed by atoms with E-state index in [0.29, 0.717) is 5.56 Å². The van der Waals surface area contributed by atoms with Crippen LogP contribution in [0.3, 0.4) is 0 Å². The fraction of sp³-hybridized carbons (Fsp3) is 0.143. The summed E-state index contributed by atoms with van der Waals surface area (Å²) in [5.74, 6) is 0. The van der Waals surface area contributed by atoms with Crippen molar-refractivity contribution in [2.75, 3.05) is 0 Å². The lowest BCUT2D eigenvalue weighted by Crippen LogP contribution is -1.91. The zero-order valence-corrected chi connectivity index (χ0v) is 5.74. The molecule has 0 aromatic carbocycles. The molecule has 10 heavy (non-hydrogen) atoms. The third-order valence-corrected chi connectivity index (χ3v) is 1.38. The zero-order chi connectivity index (χ0) is 7.56. The summed E-state index contributed by atoms with van der Waals surface area (Å²) >= 11 is 0. The van der Waals surface area contributed by atoms with Crippen LogP contribution in [0.5, 0.6) is 0 Å². The van der Waals surface area contributed by atoms with Gasteiger partial charge in [0.05, 0.1) is 17.5 Å². The molecule has 0 unspecified atom stereocenters. The Morgan fingerprint density at radius 2 is 2.50 bits per heavy atom. The highest BCUT2D eigenvalue weighted by Crippen LogP contribution is 2.02. The topological polar surface area (TPSA) is 34.9 Å². The molecule has 0 saturated carbocycles. The van der Waals surface area contributed by atoms with E-state index in [4.69, 9.17) is 0 Å². The summed E-state index contributed by atoms with van der Waals surface area (Å²) < 4.78 is 1.56. The van der Waals surface area contributed by atoms with Crippen LogP contribution in [0, 0.1) is 6.92 Å². The quantitative estimate of drug-likeness (QED) is 0.571. The molecule has 52 valence electrons. The Kier molecular flexibility index (Phi) is 1.67. The Hall–Kier alpha value is -1.38. The predicted octanol–water partition coefficient (Wildman–Crippen LogP) is 1.10. The third-order valence-electron chi connectivity index (χ3n) is 1.38. The van der Waals surface area contributed by atoms with E-state index in [9.17, 15) is 4.79 Å². The predicted molar refractivity (Wildman–Crippen MR) is 38.7 cm³/mol. The first-order valence-electron chi connectivity index (χ1n) is 2.91. The third kappa shape index (κ3) is 0.857. The molecule has 0 N–H and O–H groups in total. The summed E-state index contributed by atoms with van der Waals surface area (Å²) in [5.41, 5.74) is 1.44. The second-order valence-corrected chi connectivity index (χ2v) is 1.93. The number of aromatic nitrogens is 2. The van der Waals surface area contributed by atoms with Gasteiger partial charge in [-0.15, -0.1) is 0 Å². The Morgan fingerprint density at radius 3 is 2.80 bits per heavy atom. The van der Waals surface area contributed by atoms with E-state index < -0.39 is 0 Å². The molecule has 0 saturated heterocycles. The van der Waals surface area contributed by atoms with Gasteiger partial charge in [-0.05, 0) is 6.92 Å². The van der Waals surface area contributed by atoms with Gasteiger partial charge in [0.15, 0.2) is 6.29 Å². The SMILES string of the molecule is C=Cn1ncc(C=O)c1C. The van der Waals surface area contributed by atoms with Gasteiger partial charge in [0.2, 0.25) is 0 Å². The van der Waals surface area contributed by atoms with Gasteiger partial charge in [-0.25, -0.2) is 4.68 Å². The van der Waals surface area contributed by atoms with E-state index >= 15 is 0 Å². The van der Waals surface area contributed by atoms with Crippen molar-refractivity contribution in [3.63, 3.8) is 0 Å². The standard InChI is InChI=1S/C7H8N2O/c1-3-9-6(2)7(5-10)4-8-9/h3-5H,1H2,2H3. The minimum Gasteiger partial charge on any atom is -0.298 e. The molecule has 0 aliphatic carbocycles. The molecule has 0 spiro atoms. The average Bonchev–Trinajstić information content (AvgIpc) is 2.30. The Bertz CT molecular complexity index is 237. The Balaban J connectivity index is 3.20. The van der Waals surface area contributed by atoms with E-state index in [0.717, 1.165) is 12.0 Å². The van der Waals surface area contributed by atoms with Crippen LogP contribution in [0.25, 0.3) is 6.20 Å². The van der Waals surface area contributed by atoms with Gasteiger partial charge in [-0.2, -0.15) is 5.10 Å². The molecular weight excluding hydrogens is 128 g/mol. The van der Waals surface area contributed by atoms with Gasteiger partial charge in [0.25, 0.3) is 0 Å². The van der Waals surface area contributed by atoms with Crippen LogP contribution in [-0.2, 0) is 0 Å². The normalized spacial score (nSPS) is 9.30. The summed E-state index contributed by atoms with van der Waals surface area (Å²) in [6, 6.07) is 0. The first kappa shape index (κ1) is 6.74. The van der Waals surface area contributed by atoms with Gasteiger partial charge in [-0.1, -0.05) is 6.58 Å². The van der Waals surface area contributed by atoms with E-state index in [1.807, 2.05) is 6.92 Å². The average molecular weight is 136 g/mol. The number of hydrogen-bond acceptors (Lipinski definition) is 2. The summed E-state index contributed by atoms with van der Waals surface area (Å²) in [4.78, 5) is 10.3. The molecule has 0 radical (unpaired) electrons. The molecule has 1 heterocycles. The van der Waals surface area contributed by atoms with Gasteiger partial charge in [0, 0.05) is 6.20 Å². The van der Waals surface area contributed by atoms with Crippen LogP contribution in [0.1, 0.15) is 16.1 Å². The van der Waals surface area contributed by atoms with Crippen LogP contribution in [0.4, 0.5) is 0 Å². The molecule has 0 aliphatic heterocycles. The molecule has 3 heteroatoms. The van der Waals surface area contributed by atoms with Gasteiger partial charge in [0.1, 0.15) is 0 Å².